The number of ether oxygens (including phenoxy) is 1. The van der Waals surface area contributed by atoms with Crippen LogP contribution in [0.25, 0.3) is 0 Å². The molecule has 46 heavy (non-hydrogen) atoms. The van der Waals surface area contributed by atoms with Crippen LogP contribution < -0.4 is 4.74 Å². The van der Waals surface area contributed by atoms with Crippen molar-refractivity contribution in [2.75, 3.05) is 34.3 Å². The Balaban J connectivity index is 0.000000738. The summed E-state index contributed by atoms with van der Waals surface area (Å²) in [7, 11) is 0.770. The fourth-order valence-electron chi connectivity index (χ4n) is 5.07. The maximum Gasteiger partial charge on any atom is 0.490 e. The zero-order valence-corrected chi connectivity index (χ0v) is 27.0. The molecule has 1 saturated heterocycles. The Kier molecular flexibility index (Phi) is 12.0. The molecule has 0 aliphatic carbocycles. The van der Waals surface area contributed by atoms with Crippen LogP contribution in [0.5, 0.6) is 5.75 Å². The monoisotopic (exact) mass is 671 g/mol. The molecule has 3 aromatic rings. The topological polar surface area (TPSA) is 121 Å². The predicted octanol–water partition coefficient (Wildman–Crippen LogP) is 5.37. The Hall–Kier alpha value is -3.95. The van der Waals surface area contributed by atoms with Gasteiger partial charge >= 0.3 is 12.1 Å². The minimum atomic E-state index is -5.08. The zero-order valence-electron chi connectivity index (χ0n) is 26.1. The number of benzene rings is 2. The molecule has 0 unspecified atom stereocenters. The lowest BCUT2D eigenvalue weighted by Crippen LogP contribution is -2.28. The SMILES string of the molecule is COc1cc(C)c(S(=O)(=O)N(C)Cc2cc(C(=O)N(C)Cc3cc(CN4CCCC4)ccc3F)co2)c(C)c1.O=C(O)C(F)(F)F. The van der Waals surface area contributed by atoms with E-state index in [4.69, 9.17) is 19.1 Å². The largest absolute Gasteiger partial charge is 0.497 e. The van der Waals surface area contributed by atoms with E-state index in [1.165, 1.54) is 54.6 Å². The molecule has 252 valence electrons. The van der Waals surface area contributed by atoms with E-state index in [2.05, 4.69) is 4.90 Å². The molecule has 0 bridgehead atoms. The summed E-state index contributed by atoms with van der Waals surface area (Å²) in [5.74, 6) is -2.55. The number of nitrogens with zero attached hydrogens (tertiary/aromatic N) is 3. The van der Waals surface area contributed by atoms with Gasteiger partial charge in [-0.25, -0.2) is 17.6 Å². The number of furan rings is 1. The van der Waals surface area contributed by atoms with E-state index in [-0.39, 0.29) is 35.3 Å². The van der Waals surface area contributed by atoms with E-state index in [1.807, 2.05) is 6.07 Å². The predicted molar refractivity (Wildman–Crippen MR) is 160 cm³/mol. The Bertz CT molecular complexity index is 1630. The third-order valence-electron chi connectivity index (χ3n) is 7.33. The Morgan fingerprint density at radius 3 is 2.15 bits per heavy atom. The summed E-state index contributed by atoms with van der Waals surface area (Å²) in [6, 6.07) is 9.95. The molecule has 10 nitrogen and oxygen atoms in total. The molecule has 1 aromatic heterocycles. The summed E-state index contributed by atoms with van der Waals surface area (Å²) < 4.78 is 84.9. The van der Waals surface area contributed by atoms with Crippen LogP contribution in [0.4, 0.5) is 17.6 Å². The van der Waals surface area contributed by atoms with Crippen molar-refractivity contribution in [2.24, 2.45) is 0 Å². The van der Waals surface area contributed by atoms with Crippen molar-refractivity contribution in [1.82, 2.24) is 14.1 Å². The number of hydrogen-bond acceptors (Lipinski definition) is 7. The average molecular weight is 672 g/mol. The van der Waals surface area contributed by atoms with Crippen molar-refractivity contribution >= 4 is 21.9 Å². The standard InChI is InChI=1S/C29H36FN3O5S.C2HF3O2/c1-20-12-25(37-5)13-21(2)28(20)39(35,36)32(4)18-26-15-24(19-38-26)29(34)31(3)17-23-14-22(8-9-27(23)30)16-33-10-6-7-11-33;3-2(4,5)1(6)7/h8-9,12-15,19H,6-7,10-11,16-18H2,1-5H3;(H,6,7). The fourth-order valence-corrected chi connectivity index (χ4v) is 6.61. The molecule has 1 aliphatic heterocycles. The number of amides is 1. The number of sulfonamides is 1. The van der Waals surface area contributed by atoms with E-state index in [1.54, 1.807) is 39.1 Å². The first-order valence-electron chi connectivity index (χ1n) is 14.2. The van der Waals surface area contributed by atoms with Gasteiger partial charge in [0.2, 0.25) is 10.0 Å². The van der Waals surface area contributed by atoms with Gasteiger partial charge in [0.05, 0.1) is 24.1 Å². The molecule has 2 aromatic carbocycles. The van der Waals surface area contributed by atoms with Gasteiger partial charge in [0.15, 0.2) is 0 Å². The van der Waals surface area contributed by atoms with E-state index < -0.39 is 22.2 Å². The van der Waals surface area contributed by atoms with Gasteiger partial charge in [-0.3, -0.25) is 9.69 Å². The molecule has 4 rings (SSSR count). The number of rotatable bonds is 10. The number of aliphatic carboxylic acids is 1. The molecular weight excluding hydrogens is 634 g/mol. The molecule has 1 amide bonds. The highest BCUT2D eigenvalue weighted by Crippen LogP contribution is 2.29. The molecule has 15 heteroatoms. The number of carbonyl (C=O) groups is 2. The van der Waals surface area contributed by atoms with E-state index in [0.717, 1.165) is 25.2 Å². The lowest BCUT2D eigenvalue weighted by molar-refractivity contribution is -0.192. The number of methoxy groups -OCH3 is 1. The van der Waals surface area contributed by atoms with Crippen LogP contribution in [-0.2, 0) is 34.5 Å². The maximum atomic E-state index is 14.6. The van der Waals surface area contributed by atoms with Crippen LogP contribution in [0.3, 0.4) is 0 Å². The minimum Gasteiger partial charge on any atom is -0.497 e. The van der Waals surface area contributed by atoms with Crippen LogP contribution in [0.1, 0.15) is 51.2 Å². The van der Waals surface area contributed by atoms with Gasteiger partial charge < -0.3 is 19.2 Å². The van der Waals surface area contributed by atoms with Crippen molar-refractivity contribution in [2.45, 2.75) is 57.4 Å². The number of halogens is 4. The second kappa shape index (κ2) is 15.1. The number of carbonyl (C=O) groups excluding carboxylic acids is 1. The minimum absolute atomic E-state index is 0.0581. The summed E-state index contributed by atoms with van der Waals surface area (Å²) in [6.07, 6.45) is -1.42. The van der Waals surface area contributed by atoms with Crippen molar-refractivity contribution in [3.8, 4) is 5.75 Å². The van der Waals surface area contributed by atoms with Crippen LogP contribution in [0.15, 0.2) is 52.0 Å². The summed E-state index contributed by atoms with van der Waals surface area (Å²) in [6.45, 7) is 6.34. The highest BCUT2D eigenvalue weighted by atomic mass is 32.2. The molecule has 1 N–H and O–H groups in total. The first kappa shape index (κ1) is 36.5. The second-order valence-corrected chi connectivity index (χ2v) is 13.0. The van der Waals surface area contributed by atoms with E-state index in [9.17, 15) is 30.8 Å². The molecule has 0 atom stereocenters. The van der Waals surface area contributed by atoms with Crippen molar-refractivity contribution in [3.63, 3.8) is 0 Å². The Morgan fingerprint density at radius 1 is 1.02 bits per heavy atom. The number of likely N-dealkylation sites (tertiary alicyclic amines) is 1. The van der Waals surface area contributed by atoms with Gasteiger partial charge in [-0.2, -0.15) is 17.5 Å². The van der Waals surface area contributed by atoms with Crippen LogP contribution in [0, 0.1) is 19.7 Å². The maximum absolute atomic E-state index is 14.6. The van der Waals surface area contributed by atoms with Gasteiger partial charge in [0.25, 0.3) is 5.91 Å². The fraction of sp³-hybridized carbons (Fsp3) is 0.419. The van der Waals surface area contributed by atoms with E-state index >= 15 is 0 Å². The molecule has 0 saturated carbocycles. The van der Waals surface area contributed by atoms with Crippen LogP contribution in [0.2, 0.25) is 0 Å². The van der Waals surface area contributed by atoms with Gasteiger partial charge in [-0.1, -0.05) is 6.07 Å². The summed E-state index contributed by atoms with van der Waals surface area (Å²) in [4.78, 5) is 26.0. The summed E-state index contributed by atoms with van der Waals surface area (Å²) >= 11 is 0. The van der Waals surface area contributed by atoms with E-state index in [0.29, 0.717) is 28.2 Å². The molecule has 1 aliphatic rings. The third kappa shape index (κ3) is 9.30. The van der Waals surface area contributed by atoms with Crippen molar-refractivity contribution in [3.05, 3.63) is 82.1 Å². The molecule has 1 fully saturated rings. The first-order chi connectivity index (χ1) is 21.4. The van der Waals surface area contributed by atoms with Gasteiger partial charge in [-0.05, 0) is 86.8 Å². The lowest BCUT2D eigenvalue weighted by atomic mass is 10.1. The quantitative estimate of drug-likeness (QED) is 0.286. The molecular formula is C31H37F4N3O7S. The Morgan fingerprint density at radius 2 is 1.61 bits per heavy atom. The molecule has 0 radical (unpaired) electrons. The van der Waals surface area contributed by atoms with Gasteiger partial charge in [0.1, 0.15) is 23.6 Å². The van der Waals surface area contributed by atoms with Crippen molar-refractivity contribution < 1.29 is 49.8 Å². The van der Waals surface area contributed by atoms with Crippen LogP contribution in [-0.4, -0.2) is 80.0 Å². The lowest BCUT2D eigenvalue weighted by Gasteiger charge is -2.20. The summed E-state index contributed by atoms with van der Waals surface area (Å²) in [5.41, 5.74) is 2.89. The highest BCUT2D eigenvalue weighted by molar-refractivity contribution is 7.89. The smallest absolute Gasteiger partial charge is 0.490 e. The zero-order chi connectivity index (χ0) is 34.4. The molecule has 0 spiro atoms. The first-order valence-corrected chi connectivity index (χ1v) is 15.6. The number of aryl methyl sites for hydroxylation is 2. The van der Waals surface area contributed by atoms with Crippen LogP contribution >= 0.6 is 0 Å². The van der Waals surface area contributed by atoms with Gasteiger partial charge in [-0.15, -0.1) is 0 Å². The summed E-state index contributed by atoms with van der Waals surface area (Å²) in [5, 5.41) is 7.12. The average Bonchev–Trinajstić information content (AvgIpc) is 3.66. The van der Waals surface area contributed by atoms with Crippen molar-refractivity contribution in [1.29, 1.82) is 0 Å². The third-order valence-corrected chi connectivity index (χ3v) is 9.44. The van der Waals surface area contributed by atoms with Gasteiger partial charge in [0, 0.05) is 32.7 Å². The Labute approximate surface area is 265 Å². The second-order valence-electron chi connectivity index (χ2n) is 11.0. The number of carboxylic acids is 1. The molecule has 2 heterocycles. The normalized spacial score (nSPS) is 13.8. The highest BCUT2D eigenvalue weighted by Gasteiger charge is 2.38. The number of hydrogen-bond donors (Lipinski definition) is 1. The number of alkyl halides is 3. The number of carboxylic acid groups (broad SMARTS) is 1.